The van der Waals surface area contributed by atoms with Crippen molar-refractivity contribution in [1.29, 1.82) is 0 Å². The Morgan fingerprint density at radius 1 is 1.43 bits per heavy atom. The lowest BCUT2D eigenvalue weighted by Crippen LogP contribution is -1.99. The zero-order valence-electron chi connectivity index (χ0n) is 8.99. The smallest absolute Gasteiger partial charge is 0.303 e. The minimum atomic E-state index is -0.663. The summed E-state index contributed by atoms with van der Waals surface area (Å²) in [6, 6.07) is 0. The highest BCUT2D eigenvalue weighted by Gasteiger charge is 2.15. The lowest BCUT2D eigenvalue weighted by atomic mass is 10.1. The first kappa shape index (κ1) is 14.2. The molecule has 0 saturated carbocycles. The number of rotatable bonds is 5. The first-order chi connectivity index (χ1) is 6.79. The van der Waals surface area contributed by atoms with Crippen molar-refractivity contribution in [3.63, 3.8) is 0 Å². The fourth-order valence-electron chi connectivity index (χ4n) is 1.21. The SMILES string of the molecule is CC.O=C(O)CCCC[C@@H]1CCSS1. The number of hydrogen-bond acceptors (Lipinski definition) is 3. The van der Waals surface area contributed by atoms with E-state index >= 15 is 0 Å². The average Bonchev–Trinajstić information content (AvgIpc) is 2.68. The summed E-state index contributed by atoms with van der Waals surface area (Å²) in [5.41, 5.74) is 0. The summed E-state index contributed by atoms with van der Waals surface area (Å²) >= 11 is 0. The van der Waals surface area contributed by atoms with Crippen molar-refractivity contribution in [3.05, 3.63) is 0 Å². The monoisotopic (exact) mass is 236 g/mol. The van der Waals surface area contributed by atoms with Crippen LogP contribution in [0.25, 0.3) is 0 Å². The molecule has 0 amide bonds. The Morgan fingerprint density at radius 2 is 2.14 bits per heavy atom. The van der Waals surface area contributed by atoms with Crippen LogP contribution in [-0.2, 0) is 4.79 Å². The summed E-state index contributed by atoms with van der Waals surface area (Å²) < 4.78 is 0. The standard InChI is InChI=1S/C8H14O2S2.C2H6/c9-8(10)4-2-1-3-7-5-6-11-12-7;1-2/h7H,1-6H2,(H,9,10);1-2H3/t7-;/m1./s1. The van der Waals surface area contributed by atoms with Crippen molar-refractivity contribution in [2.45, 2.75) is 51.2 Å². The van der Waals surface area contributed by atoms with Crippen LogP contribution in [-0.4, -0.2) is 22.1 Å². The van der Waals surface area contributed by atoms with Crippen LogP contribution in [0.15, 0.2) is 0 Å². The van der Waals surface area contributed by atoms with E-state index in [1.807, 2.05) is 35.4 Å². The second kappa shape index (κ2) is 9.71. The predicted octanol–water partition coefficient (Wildman–Crippen LogP) is 3.81. The summed E-state index contributed by atoms with van der Waals surface area (Å²) in [4.78, 5) is 10.2. The first-order valence-electron chi connectivity index (χ1n) is 5.29. The van der Waals surface area contributed by atoms with Gasteiger partial charge in [0.25, 0.3) is 0 Å². The molecule has 1 heterocycles. The average molecular weight is 236 g/mol. The Labute approximate surface area is 94.6 Å². The molecule has 84 valence electrons. The maximum absolute atomic E-state index is 10.2. The van der Waals surface area contributed by atoms with Gasteiger partial charge in [0.2, 0.25) is 0 Å². The van der Waals surface area contributed by atoms with E-state index in [4.69, 9.17) is 5.11 Å². The summed E-state index contributed by atoms with van der Waals surface area (Å²) in [5, 5.41) is 9.19. The van der Waals surface area contributed by atoms with Gasteiger partial charge < -0.3 is 5.11 Å². The van der Waals surface area contributed by atoms with Crippen LogP contribution in [0.3, 0.4) is 0 Å². The van der Waals surface area contributed by atoms with Crippen molar-refractivity contribution < 1.29 is 9.90 Å². The van der Waals surface area contributed by atoms with Gasteiger partial charge in [0.05, 0.1) is 0 Å². The maximum Gasteiger partial charge on any atom is 0.303 e. The van der Waals surface area contributed by atoms with Crippen LogP contribution in [0.5, 0.6) is 0 Å². The molecule has 1 aliphatic rings. The molecule has 2 nitrogen and oxygen atoms in total. The van der Waals surface area contributed by atoms with Gasteiger partial charge in [-0.3, -0.25) is 4.79 Å². The van der Waals surface area contributed by atoms with Crippen LogP contribution in [0.2, 0.25) is 0 Å². The number of hydrogen-bond donors (Lipinski definition) is 1. The van der Waals surface area contributed by atoms with Crippen molar-refractivity contribution in [1.82, 2.24) is 0 Å². The van der Waals surface area contributed by atoms with E-state index in [1.54, 1.807) is 0 Å². The predicted molar refractivity (Wildman–Crippen MR) is 65.9 cm³/mol. The van der Waals surface area contributed by atoms with Gasteiger partial charge in [0, 0.05) is 17.4 Å². The molecule has 1 rings (SSSR count). The van der Waals surface area contributed by atoms with Crippen LogP contribution in [0.1, 0.15) is 46.0 Å². The highest BCUT2D eigenvalue weighted by molar-refractivity contribution is 8.77. The lowest BCUT2D eigenvalue weighted by Gasteiger charge is -2.04. The molecule has 1 atom stereocenters. The molecule has 0 aliphatic carbocycles. The molecule has 0 aromatic heterocycles. The summed E-state index contributed by atoms with van der Waals surface area (Å²) in [6.45, 7) is 4.00. The summed E-state index contributed by atoms with van der Waals surface area (Å²) in [6.07, 6.45) is 4.76. The Hall–Kier alpha value is 0.170. The Bertz CT molecular complexity index is 145. The zero-order chi connectivity index (χ0) is 10.8. The lowest BCUT2D eigenvalue weighted by molar-refractivity contribution is -0.137. The fourth-order valence-corrected chi connectivity index (χ4v) is 4.24. The first-order valence-corrected chi connectivity index (χ1v) is 7.67. The van der Waals surface area contributed by atoms with Gasteiger partial charge >= 0.3 is 5.97 Å². The number of carbonyl (C=O) groups is 1. The van der Waals surface area contributed by atoms with Gasteiger partial charge in [-0.1, -0.05) is 41.9 Å². The second-order valence-electron chi connectivity index (χ2n) is 2.97. The molecule has 4 heteroatoms. The van der Waals surface area contributed by atoms with E-state index in [2.05, 4.69) is 0 Å². The largest absolute Gasteiger partial charge is 0.481 e. The van der Waals surface area contributed by atoms with E-state index in [0.717, 1.165) is 18.1 Å². The maximum atomic E-state index is 10.2. The second-order valence-corrected chi connectivity index (χ2v) is 5.76. The molecule has 0 unspecified atom stereocenters. The molecule has 1 fully saturated rings. The van der Waals surface area contributed by atoms with Gasteiger partial charge in [-0.2, -0.15) is 0 Å². The van der Waals surface area contributed by atoms with Gasteiger partial charge in [-0.05, 0) is 19.3 Å². The third-order valence-electron chi connectivity index (χ3n) is 1.89. The minimum absolute atomic E-state index is 0.338. The van der Waals surface area contributed by atoms with Gasteiger partial charge in [0.15, 0.2) is 0 Å². The molecule has 0 spiro atoms. The molecule has 1 aliphatic heterocycles. The highest BCUT2D eigenvalue weighted by Crippen LogP contribution is 2.39. The Morgan fingerprint density at radius 3 is 2.64 bits per heavy atom. The quantitative estimate of drug-likeness (QED) is 0.582. The van der Waals surface area contributed by atoms with Crippen molar-refractivity contribution in [2.75, 3.05) is 5.75 Å². The molecule has 0 radical (unpaired) electrons. The molecule has 0 aromatic carbocycles. The molecule has 0 bridgehead atoms. The third kappa shape index (κ3) is 7.56. The summed E-state index contributed by atoms with van der Waals surface area (Å²) in [7, 11) is 3.92. The molecule has 0 aromatic rings. The van der Waals surface area contributed by atoms with Crippen molar-refractivity contribution >= 4 is 27.6 Å². The molecule has 14 heavy (non-hydrogen) atoms. The van der Waals surface area contributed by atoms with Crippen molar-refractivity contribution in [3.8, 4) is 0 Å². The molecular weight excluding hydrogens is 216 g/mol. The fraction of sp³-hybridized carbons (Fsp3) is 0.900. The highest BCUT2D eigenvalue weighted by atomic mass is 33.1. The zero-order valence-corrected chi connectivity index (χ0v) is 10.6. The van der Waals surface area contributed by atoms with E-state index in [1.165, 1.54) is 18.6 Å². The van der Waals surface area contributed by atoms with Crippen molar-refractivity contribution in [2.24, 2.45) is 0 Å². The summed E-state index contributed by atoms with van der Waals surface area (Å²) in [5.74, 6) is 0.609. The molecule has 1 saturated heterocycles. The third-order valence-corrected chi connectivity index (χ3v) is 4.90. The Balaban J connectivity index is 0.000000791. The van der Waals surface area contributed by atoms with E-state index in [9.17, 15) is 4.79 Å². The normalized spacial score (nSPS) is 20.0. The van der Waals surface area contributed by atoms with Crippen LogP contribution >= 0.6 is 21.6 Å². The number of carboxylic acid groups (broad SMARTS) is 1. The van der Waals surface area contributed by atoms with Crippen LogP contribution in [0.4, 0.5) is 0 Å². The Kier molecular flexibility index (Phi) is 9.83. The van der Waals surface area contributed by atoms with E-state index in [0.29, 0.717) is 6.42 Å². The molecule has 1 N–H and O–H groups in total. The molecular formula is C10H20O2S2. The minimum Gasteiger partial charge on any atom is -0.481 e. The van der Waals surface area contributed by atoms with Gasteiger partial charge in [0.1, 0.15) is 0 Å². The van der Waals surface area contributed by atoms with Gasteiger partial charge in [-0.25, -0.2) is 0 Å². The van der Waals surface area contributed by atoms with E-state index < -0.39 is 5.97 Å². The van der Waals surface area contributed by atoms with Crippen LogP contribution in [0, 0.1) is 0 Å². The topological polar surface area (TPSA) is 37.3 Å². The number of aliphatic carboxylic acids is 1. The van der Waals surface area contributed by atoms with Crippen LogP contribution < -0.4 is 0 Å². The van der Waals surface area contributed by atoms with Gasteiger partial charge in [-0.15, -0.1) is 0 Å². The number of carboxylic acids is 1. The van der Waals surface area contributed by atoms with E-state index in [-0.39, 0.29) is 0 Å². The number of unbranched alkanes of at least 4 members (excludes halogenated alkanes) is 1.